The van der Waals surface area contributed by atoms with Crippen molar-refractivity contribution >= 4 is 23.4 Å². The van der Waals surface area contributed by atoms with Crippen molar-refractivity contribution in [3.05, 3.63) is 11.9 Å². The van der Waals surface area contributed by atoms with Crippen LogP contribution in [0.25, 0.3) is 0 Å². The van der Waals surface area contributed by atoms with Gasteiger partial charge >= 0.3 is 0 Å². The van der Waals surface area contributed by atoms with Crippen molar-refractivity contribution in [2.75, 3.05) is 34.8 Å². The maximum absolute atomic E-state index is 4.46. The fourth-order valence-electron chi connectivity index (χ4n) is 2.12. The molecule has 0 aliphatic carbocycles. The Balaban J connectivity index is 2.27. The van der Waals surface area contributed by atoms with Gasteiger partial charge in [-0.15, -0.1) is 0 Å². The van der Waals surface area contributed by atoms with E-state index < -0.39 is 0 Å². The van der Waals surface area contributed by atoms with E-state index in [0.717, 1.165) is 30.3 Å². The Kier molecular flexibility index (Phi) is 4.10. The summed E-state index contributed by atoms with van der Waals surface area (Å²) in [5.74, 6) is 4.41. The molecule has 94 valence electrons. The molecule has 1 atom stereocenters. The van der Waals surface area contributed by atoms with E-state index in [-0.39, 0.29) is 0 Å². The summed E-state index contributed by atoms with van der Waals surface area (Å²) < 4.78 is 0. The number of hydrogen-bond acceptors (Lipinski definition) is 5. The summed E-state index contributed by atoms with van der Waals surface area (Å²) in [5.41, 5.74) is 1.16. The quantitative estimate of drug-likeness (QED) is 0.893. The molecule has 1 aromatic heterocycles. The SMILES string of the molecule is CCNc1ncnc(N2CCSCC2C)c1C. The van der Waals surface area contributed by atoms with Gasteiger partial charge < -0.3 is 10.2 Å². The molecule has 0 amide bonds. The van der Waals surface area contributed by atoms with Crippen molar-refractivity contribution in [3.63, 3.8) is 0 Å². The van der Waals surface area contributed by atoms with Crippen molar-refractivity contribution in [2.24, 2.45) is 0 Å². The number of anilines is 2. The minimum Gasteiger partial charge on any atom is -0.370 e. The highest BCUT2D eigenvalue weighted by molar-refractivity contribution is 7.99. The van der Waals surface area contributed by atoms with Gasteiger partial charge in [0.1, 0.15) is 18.0 Å². The summed E-state index contributed by atoms with van der Waals surface area (Å²) >= 11 is 2.02. The highest BCUT2D eigenvalue weighted by atomic mass is 32.2. The smallest absolute Gasteiger partial charge is 0.137 e. The molecule has 0 spiro atoms. The molecule has 0 aromatic carbocycles. The molecule has 1 aliphatic rings. The second-order valence-corrected chi connectivity index (χ2v) is 5.47. The van der Waals surface area contributed by atoms with Gasteiger partial charge in [-0.25, -0.2) is 9.97 Å². The summed E-state index contributed by atoms with van der Waals surface area (Å²) in [6.45, 7) is 8.42. The Morgan fingerprint density at radius 2 is 2.35 bits per heavy atom. The van der Waals surface area contributed by atoms with E-state index in [4.69, 9.17) is 0 Å². The number of aromatic nitrogens is 2. The summed E-state index contributed by atoms with van der Waals surface area (Å²) in [4.78, 5) is 11.2. The molecule has 17 heavy (non-hydrogen) atoms. The van der Waals surface area contributed by atoms with Gasteiger partial charge in [-0.1, -0.05) is 0 Å². The highest BCUT2D eigenvalue weighted by Crippen LogP contribution is 2.27. The molecule has 1 fully saturated rings. The minimum absolute atomic E-state index is 0.553. The summed E-state index contributed by atoms with van der Waals surface area (Å²) in [6, 6.07) is 0.553. The third-order valence-corrected chi connectivity index (χ3v) is 4.23. The fraction of sp³-hybridized carbons (Fsp3) is 0.667. The number of thioether (sulfide) groups is 1. The Bertz CT molecular complexity index is 383. The van der Waals surface area contributed by atoms with E-state index in [0.29, 0.717) is 6.04 Å². The molecule has 0 radical (unpaired) electrons. The van der Waals surface area contributed by atoms with Crippen molar-refractivity contribution < 1.29 is 0 Å². The zero-order valence-electron chi connectivity index (χ0n) is 10.7. The predicted octanol–water partition coefficient (Wildman–Crippen LogP) is 2.16. The largest absolute Gasteiger partial charge is 0.370 e. The number of nitrogens with one attached hydrogen (secondary N) is 1. The van der Waals surface area contributed by atoms with Gasteiger partial charge in [0, 0.05) is 36.2 Å². The van der Waals surface area contributed by atoms with E-state index in [1.165, 1.54) is 11.5 Å². The number of nitrogens with zero attached hydrogens (tertiary/aromatic N) is 3. The molecular formula is C12H20N4S. The standard InChI is InChI=1S/C12H20N4S/c1-4-13-11-10(3)12(15-8-14-11)16-5-6-17-7-9(16)2/h8-9H,4-7H2,1-3H3,(H,13,14,15). The number of hydrogen-bond donors (Lipinski definition) is 1. The van der Waals surface area contributed by atoms with Crippen LogP contribution in [0.15, 0.2) is 6.33 Å². The first-order valence-corrected chi connectivity index (χ1v) is 7.29. The third kappa shape index (κ3) is 2.65. The van der Waals surface area contributed by atoms with Gasteiger partial charge in [-0.2, -0.15) is 11.8 Å². The predicted molar refractivity (Wildman–Crippen MR) is 75.1 cm³/mol. The molecule has 4 nitrogen and oxygen atoms in total. The van der Waals surface area contributed by atoms with Crippen LogP contribution in [0, 0.1) is 6.92 Å². The van der Waals surface area contributed by atoms with Gasteiger partial charge in [0.2, 0.25) is 0 Å². The molecule has 2 rings (SSSR count). The molecule has 1 N–H and O–H groups in total. The first-order valence-electron chi connectivity index (χ1n) is 6.14. The van der Waals surface area contributed by atoms with Crippen LogP contribution in [-0.2, 0) is 0 Å². The third-order valence-electron chi connectivity index (χ3n) is 3.04. The van der Waals surface area contributed by atoms with Gasteiger partial charge in [0.25, 0.3) is 0 Å². The van der Waals surface area contributed by atoms with Crippen LogP contribution in [0.3, 0.4) is 0 Å². The van der Waals surface area contributed by atoms with Crippen LogP contribution in [0.4, 0.5) is 11.6 Å². The van der Waals surface area contributed by atoms with Crippen LogP contribution >= 0.6 is 11.8 Å². The second-order valence-electron chi connectivity index (χ2n) is 4.32. The maximum atomic E-state index is 4.46. The Morgan fingerprint density at radius 1 is 1.53 bits per heavy atom. The highest BCUT2D eigenvalue weighted by Gasteiger charge is 2.22. The van der Waals surface area contributed by atoms with Crippen LogP contribution in [0.5, 0.6) is 0 Å². The molecule has 2 heterocycles. The van der Waals surface area contributed by atoms with Crippen LogP contribution < -0.4 is 10.2 Å². The van der Waals surface area contributed by atoms with Crippen molar-refractivity contribution in [1.82, 2.24) is 9.97 Å². The van der Waals surface area contributed by atoms with Crippen LogP contribution in [-0.4, -0.2) is 40.6 Å². The Labute approximate surface area is 107 Å². The number of rotatable bonds is 3. The monoisotopic (exact) mass is 252 g/mol. The fourth-order valence-corrected chi connectivity index (χ4v) is 3.13. The average Bonchev–Trinajstić information content (AvgIpc) is 2.33. The lowest BCUT2D eigenvalue weighted by atomic mass is 10.2. The average molecular weight is 252 g/mol. The lowest BCUT2D eigenvalue weighted by Crippen LogP contribution is -2.41. The first-order chi connectivity index (χ1) is 8.24. The summed E-state index contributed by atoms with van der Waals surface area (Å²) in [6.07, 6.45) is 1.66. The molecule has 1 unspecified atom stereocenters. The molecule has 5 heteroatoms. The molecular weight excluding hydrogens is 232 g/mol. The lowest BCUT2D eigenvalue weighted by Gasteiger charge is -2.35. The van der Waals surface area contributed by atoms with Crippen molar-refractivity contribution in [2.45, 2.75) is 26.8 Å². The molecule has 0 saturated carbocycles. The summed E-state index contributed by atoms with van der Waals surface area (Å²) in [5, 5.41) is 3.29. The van der Waals surface area contributed by atoms with E-state index in [1.54, 1.807) is 6.33 Å². The maximum Gasteiger partial charge on any atom is 0.137 e. The molecule has 1 saturated heterocycles. The normalized spacial score (nSPS) is 20.4. The molecule has 1 aliphatic heterocycles. The summed E-state index contributed by atoms with van der Waals surface area (Å²) in [7, 11) is 0. The van der Waals surface area contributed by atoms with E-state index in [9.17, 15) is 0 Å². The minimum atomic E-state index is 0.553. The Hall–Kier alpha value is -0.970. The van der Waals surface area contributed by atoms with Crippen molar-refractivity contribution in [3.8, 4) is 0 Å². The van der Waals surface area contributed by atoms with Gasteiger partial charge in [0.05, 0.1) is 0 Å². The van der Waals surface area contributed by atoms with E-state index >= 15 is 0 Å². The van der Waals surface area contributed by atoms with Gasteiger partial charge in [0.15, 0.2) is 0 Å². The zero-order chi connectivity index (χ0) is 12.3. The Morgan fingerprint density at radius 3 is 3.06 bits per heavy atom. The lowest BCUT2D eigenvalue weighted by molar-refractivity contribution is 0.686. The topological polar surface area (TPSA) is 41.1 Å². The van der Waals surface area contributed by atoms with E-state index in [1.807, 2.05) is 11.8 Å². The van der Waals surface area contributed by atoms with Gasteiger partial charge in [-0.05, 0) is 20.8 Å². The van der Waals surface area contributed by atoms with Crippen molar-refractivity contribution in [1.29, 1.82) is 0 Å². The zero-order valence-corrected chi connectivity index (χ0v) is 11.5. The first kappa shape index (κ1) is 12.5. The van der Waals surface area contributed by atoms with E-state index in [2.05, 4.69) is 41.0 Å². The van der Waals surface area contributed by atoms with Gasteiger partial charge in [-0.3, -0.25) is 0 Å². The van der Waals surface area contributed by atoms with Crippen LogP contribution in [0.2, 0.25) is 0 Å². The second kappa shape index (κ2) is 5.58. The molecule has 1 aromatic rings. The van der Waals surface area contributed by atoms with Crippen LogP contribution in [0.1, 0.15) is 19.4 Å². The molecule has 0 bridgehead atoms.